The lowest BCUT2D eigenvalue weighted by molar-refractivity contribution is 0.198. The van der Waals surface area contributed by atoms with Gasteiger partial charge < -0.3 is 9.32 Å². The molecule has 6 heteroatoms. The molecular formula is C18H22N4O2. The van der Waals surface area contributed by atoms with Gasteiger partial charge in [-0.05, 0) is 44.5 Å². The molecule has 1 atom stereocenters. The Kier molecular flexibility index (Phi) is 3.98. The number of fused-ring (bicyclic) bond motifs is 1. The van der Waals surface area contributed by atoms with E-state index in [1.807, 2.05) is 31.2 Å². The lowest BCUT2D eigenvalue weighted by atomic mass is 9.95. The maximum absolute atomic E-state index is 12.1. The molecule has 4 rings (SSSR count). The smallest absolute Gasteiger partial charge is 0.408 e. The fourth-order valence-corrected chi connectivity index (χ4v) is 3.62. The lowest BCUT2D eigenvalue weighted by Gasteiger charge is -2.31. The zero-order valence-electron chi connectivity index (χ0n) is 13.9. The lowest BCUT2D eigenvalue weighted by Crippen LogP contribution is -2.37. The Bertz CT molecular complexity index is 892. The van der Waals surface area contributed by atoms with E-state index >= 15 is 0 Å². The van der Waals surface area contributed by atoms with E-state index in [2.05, 4.69) is 21.2 Å². The van der Waals surface area contributed by atoms with Crippen LogP contribution in [-0.2, 0) is 6.54 Å². The number of aromatic amines is 1. The summed E-state index contributed by atoms with van der Waals surface area (Å²) >= 11 is 0. The second-order valence-corrected chi connectivity index (χ2v) is 6.60. The van der Waals surface area contributed by atoms with Crippen LogP contribution in [0.25, 0.3) is 11.1 Å². The molecule has 0 saturated carbocycles. The van der Waals surface area contributed by atoms with Crippen molar-refractivity contribution in [2.24, 2.45) is 0 Å². The van der Waals surface area contributed by atoms with Crippen molar-refractivity contribution in [3.63, 3.8) is 0 Å². The number of oxazole rings is 1. The van der Waals surface area contributed by atoms with Crippen molar-refractivity contribution in [2.75, 3.05) is 19.6 Å². The van der Waals surface area contributed by atoms with Crippen LogP contribution in [0, 0.1) is 6.92 Å². The summed E-state index contributed by atoms with van der Waals surface area (Å²) in [5.74, 6) is 0.203. The Balaban J connectivity index is 1.45. The summed E-state index contributed by atoms with van der Waals surface area (Å²) < 4.78 is 7.04. The molecule has 0 bridgehead atoms. The summed E-state index contributed by atoms with van der Waals surface area (Å²) in [7, 11) is 0. The van der Waals surface area contributed by atoms with Crippen LogP contribution in [0.1, 0.15) is 30.1 Å². The molecule has 1 saturated heterocycles. The first-order valence-electron chi connectivity index (χ1n) is 8.53. The molecule has 24 heavy (non-hydrogen) atoms. The summed E-state index contributed by atoms with van der Waals surface area (Å²) in [4.78, 5) is 14.5. The standard InChI is InChI=1S/C18H22N4O2/c1-13-11-15(20-19-13)14-5-4-8-21(12-14)9-10-22-16-6-2-3-7-17(16)24-18(22)23/h2-3,6-7,11,14H,4-5,8-10,12H2,1H3,(H,19,20)/t14-/m0/s1. The molecule has 1 N–H and O–H groups in total. The van der Waals surface area contributed by atoms with Gasteiger partial charge in [0.25, 0.3) is 0 Å². The van der Waals surface area contributed by atoms with Crippen molar-refractivity contribution in [3.05, 3.63) is 52.3 Å². The number of nitrogens with zero attached hydrogens (tertiary/aromatic N) is 3. The number of likely N-dealkylation sites (tertiary alicyclic amines) is 1. The van der Waals surface area contributed by atoms with Gasteiger partial charge in [-0.3, -0.25) is 9.67 Å². The van der Waals surface area contributed by atoms with E-state index in [-0.39, 0.29) is 5.76 Å². The van der Waals surface area contributed by atoms with Crippen molar-refractivity contribution >= 4 is 11.1 Å². The van der Waals surface area contributed by atoms with Gasteiger partial charge >= 0.3 is 5.76 Å². The molecule has 126 valence electrons. The van der Waals surface area contributed by atoms with Gasteiger partial charge in [0.05, 0.1) is 11.2 Å². The van der Waals surface area contributed by atoms with Crippen LogP contribution in [0.2, 0.25) is 0 Å². The molecular weight excluding hydrogens is 304 g/mol. The molecule has 0 radical (unpaired) electrons. The number of H-pyrrole nitrogens is 1. The van der Waals surface area contributed by atoms with E-state index in [9.17, 15) is 4.79 Å². The van der Waals surface area contributed by atoms with Gasteiger partial charge in [-0.2, -0.15) is 5.10 Å². The third-order valence-corrected chi connectivity index (χ3v) is 4.86. The Hall–Kier alpha value is -2.34. The minimum Gasteiger partial charge on any atom is -0.408 e. The molecule has 3 aromatic rings. The number of benzene rings is 1. The molecule has 1 fully saturated rings. The van der Waals surface area contributed by atoms with Crippen molar-refractivity contribution in [2.45, 2.75) is 32.2 Å². The van der Waals surface area contributed by atoms with E-state index in [1.54, 1.807) is 4.57 Å². The van der Waals surface area contributed by atoms with E-state index in [1.165, 1.54) is 6.42 Å². The predicted molar refractivity (Wildman–Crippen MR) is 92.2 cm³/mol. The fourth-order valence-electron chi connectivity index (χ4n) is 3.62. The van der Waals surface area contributed by atoms with Gasteiger partial charge in [-0.1, -0.05) is 12.1 Å². The van der Waals surface area contributed by atoms with Crippen LogP contribution in [0.15, 0.2) is 39.5 Å². The van der Waals surface area contributed by atoms with Gasteiger partial charge in [0, 0.05) is 31.2 Å². The number of aryl methyl sites for hydroxylation is 1. The highest BCUT2D eigenvalue weighted by Gasteiger charge is 2.23. The first-order chi connectivity index (χ1) is 11.7. The second kappa shape index (κ2) is 6.28. The highest BCUT2D eigenvalue weighted by atomic mass is 16.4. The number of hydrogen-bond acceptors (Lipinski definition) is 4. The Morgan fingerprint density at radius 1 is 1.33 bits per heavy atom. The van der Waals surface area contributed by atoms with Gasteiger partial charge in [0.1, 0.15) is 0 Å². The minimum atomic E-state index is -0.271. The summed E-state index contributed by atoms with van der Waals surface area (Å²) in [6.07, 6.45) is 2.34. The van der Waals surface area contributed by atoms with E-state index in [4.69, 9.17) is 4.42 Å². The van der Waals surface area contributed by atoms with Crippen molar-refractivity contribution in [3.8, 4) is 0 Å². The maximum atomic E-state index is 12.1. The van der Waals surface area contributed by atoms with Gasteiger partial charge in [0.15, 0.2) is 5.58 Å². The number of rotatable bonds is 4. The highest BCUT2D eigenvalue weighted by molar-refractivity contribution is 5.72. The molecule has 0 aliphatic carbocycles. The van der Waals surface area contributed by atoms with Gasteiger partial charge in [0.2, 0.25) is 0 Å². The van der Waals surface area contributed by atoms with Crippen LogP contribution < -0.4 is 5.76 Å². The normalized spacial score (nSPS) is 19.1. The van der Waals surface area contributed by atoms with Crippen LogP contribution >= 0.6 is 0 Å². The predicted octanol–water partition coefficient (Wildman–Crippen LogP) is 2.51. The van der Waals surface area contributed by atoms with Crippen LogP contribution in [0.3, 0.4) is 0 Å². The van der Waals surface area contributed by atoms with Gasteiger partial charge in [-0.25, -0.2) is 4.79 Å². The van der Waals surface area contributed by atoms with E-state index in [0.717, 1.165) is 43.0 Å². The van der Waals surface area contributed by atoms with Crippen LogP contribution in [0.5, 0.6) is 0 Å². The summed E-state index contributed by atoms with van der Waals surface area (Å²) in [6, 6.07) is 9.74. The Morgan fingerprint density at radius 3 is 3.04 bits per heavy atom. The molecule has 3 heterocycles. The molecule has 1 aliphatic rings. The molecule has 1 aliphatic heterocycles. The average Bonchev–Trinajstić information content (AvgIpc) is 3.16. The van der Waals surface area contributed by atoms with Crippen molar-refractivity contribution < 1.29 is 4.42 Å². The summed E-state index contributed by atoms with van der Waals surface area (Å²) in [5, 5.41) is 7.45. The number of nitrogens with one attached hydrogen (secondary N) is 1. The molecule has 0 amide bonds. The molecule has 0 spiro atoms. The highest BCUT2D eigenvalue weighted by Crippen LogP contribution is 2.25. The topological polar surface area (TPSA) is 67.1 Å². The van der Waals surface area contributed by atoms with Crippen LogP contribution in [-0.4, -0.2) is 39.3 Å². The third kappa shape index (κ3) is 2.89. The zero-order chi connectivity index (χ0) is 16.5. The first-order valence-corrected chi connectivity index (χ1v) is 8.53. The molecule has 0 unspecified atom stereocenters. The maximum Gasteiger partial charge on any atom is 0.419 e. The SMILES string of the molecule is Cc1cc([C@H]2CCCN(CCn3c(=O)oc4ccccc43)C2)n[nH]1. The second-order valence-electron chi connectivity index (χ2n) is 6.60. The van der Waals surface area contributed by atoms with Crippen LogP contribution in [0.4, 0.5) is 0 Å². The quantitative estimate of drug-likeness (QED) is 0.800. The van der Waals surface area contributed by atoms with Crippen molar-refractivity contribution in [1.82, 2.24) is 19.7 Å². The number of aromatic nitrogens is 3. The Morgan fingerprint density at radius 2 is 2.21 bits per heavy atom. The minimum absolute atomic E-state index is 0.271. The zero-order valence-corrected chi connectivity index (χ0v) is 13.9. The number of hydrogen-bond donors (Lipinski definition) is 1. The number of para-hydroxylation sites is 2. The molecule has 1 aromatic carbocycles. The summed E-state index contributed by atoms with van der Waals surface area (Å²) in [5.41, 5.74) is 3.80. The first kappa shape index (κ1) is 15.2. The van der Waals surface area contributed by atoms with Crippen molar-refractivity contribution in [1.29, 1.82) is 0 Å². The third-order valence-electron chi connectivity index (χ3n) is 4.86. The molecule has 6 nitrogen and oxygen atoms in total. The van der Waals surface area contributed by atoms with E-state index < -0.39 is 0 Å². The fraction of sp³-hybridized carbons (Fsp3) is 0.444. The van der Waals surface area contributed by atoms with E-state index in [0.29, 0.717) is 18.0 Å². The average molecular weight is 326 g/mol. The van der Waals surface area contributed by atoms with Gasteiger partial charge in [-0.15, -0.1) is 0 Å². The number of piperidine rings is 1. The monoisotopic (exact) mass is 326 g/mol. The Labute approximate surface area is 140 Å². The largest absolute Gasteiger partial charge is 0.419 e. The molecule has 2 aromatic heterocycles. The summed E-state index contributed by atoms with van der Waals surface area (Å²) in [6.45, 7) is 5.61.